The number of rotatable bonds is 3. The fourth-order valence-corrected chi connectivity index (χ4v) is 2.78. The summed E-state index contributed by atoms with van der Waals surface area (Å²) in [6.07, 6.45) is 5.50. The van der Waals surface area contributed by atoms with E-state index in [4.69, 9.17) is 4.74 Å². The normalized spacial score (nSPS) is 19.3. The minimum absolute atomic E-state index is 0.598. The Bertz CT molecular complexity index is 542. The van der Waals surface area contributed by atoms with Gasteiger partial charge in [-0.05, 0) is 49.6 Å². The molecular formula is C15H18N2O. The smallest absolute Gasteiger partial charge is 0.128 e. The first kappa shape index (κ1) is 11.5. The topological polar surface area (TPSA) is 34.1 Å². The molecule has 1 N–H and O–H groups in total. The number of aromatic nitrogens is 1. The van der Waals surface area contributed by atoms with E-state index < -0.39 is 0 Å². The molecule has 3 rings (SSSR count). The van der Waals surface area contributed by atoms with Crippen molar-refractivity contribution in [3.8, 4) is 5.75 Å². The Kier molecular flexibility index (Phi) is 3.15. The van der Waals surface area contributed by atoms with Crippen molar-refractivity contribution in [2.45, 2.75) is 25.3 Å². The van der Waals surface area contributed by atoms with Crippen LogP contribution in [0.15, 0.2) is 30.5 Å². The summed E-state index contributed by atoms with van der Waals surface area (Å²) in [7, 11) is 1.72. The average molecular weight is 242 g/mol. The highest BCUT2D eigenvalue weighted by molar-refractivity contribution is 5.88. The van der Waals surface area contributed by atoms with Gasteiger partial charge in [0.05, 0.1) is 12.6 Å². The van der Waals surface area contributed by atoms with Crippen LogP contribution in [0.2, 0.25) is 0 Å². The van der Waals surface area contributed by atoms with Crippen molar-refractivity contribution in [2.75, 3.05) is 13.7 Å². The highest BCUT2D eigenvalue weighted by atomic mass is 16.5. The third kappa shape index (κ3) is 2.06. The van der Waals surface area contributed by atoms with Crippen LogP contribution in [0.25, 0.3) is 10.9 Å². The van der Waals surface area contributed by atoms with Gasteiger partial charge in [-0.25, -0.2) is 0 Å². The molecule has 0 aliphatic carbocycles. The SMILES string of the molecule is COc1cccc2nccc(C[C@H]3CCCN3)c12. The van der Waals surface area contributed by atoms with Crippen LogP contribution in [0.5, 0.6) is 5.75 Å². The number of pyridine rings is 1. The molecule has 1 saturated heterocycles. The van der Waals surface area contributed by atoms with Crippen LogP contribution < -0.4 is 10.1 Å². The molecule has 3 heteroatoms. The number of nitrogens with one attached hydrogen (secondary N) is 1. The second kappa shape index (κ2) is 4.94. The molecular weight excluding hydrogens is 224 g/mol. The van der Waals surface area contributed by atoms with Crippen molar-refractivity contribution in [1.29, 1.82) is 0 Å². The molecule has 94 valence electrons. The van der Waals surface area contributed by atoms with Crippen LogP contribution in [0.4, 0.5) is 0 Å². The first-order valence-corrected chi connectivity index (χ1v) is 6.52. The maximum Gasteiger partial charge on any atom is 0.128 e. The molecule has 0 spiro atoms. The quantitative estimate of drug-likeness (QED) is 0.898. The van der Waals surface area contributed by atoms with E-state index in [1.807, 2.05) is 24.4 Å². The van der Waals surface area contributed by atoms with E-state index >= 15 is 0 Å². The summed E-state index contributed by atoms with van der Waals surface area (Å²) in [5, 5.41) is 4.71. The Morgan fingerprint density at radius 3 is 3.11 bits per heavy atom. The maximum absolute atomic E-state index is 5.47. The van der Waals surface area contributed by atoms with Gasteiger partial charge in [0, 0.05) is 17.6 Å². The van der Waals surface area contributed by atoms with Gasteiger partial charge < -0.3 is 10.1 Å². The number of ether oxygens (including phenoxy) is 1. The zero-order valence-electron chi connectivity index (χ0n) is 10.6. The van der Waals surface area contributed by atoms with Gasteiger partial charge in [-0.3, -0.25) is 4.98 Å². The third-order valence-corrected chi connectivity index (χ3v) is 3.66. The molecule has 18 heavy (non-hydrogen) atoms. The van der Waals surface area contributed by atoms with E-state index in [0.717, 1.165) is 29.6 Å². The van der Waals surface area contributed by atoms with Crippen molar-refractivity contribution in [1.82, 2.24) is 10.3 Å². The largest absolute Gasteiger partial charge is 0.496 e. The first-order valence-electron chi connectivity index (χ1n) is 6.52. The maximum atomic E-state index is 5.47. The van der Waals surface area contributed by atoms with Crippen LogP contribution in [-0.4, -0.2) is 24.7 Å². The molecule has 3 nitrogen and oxygen atoms in total. The zero-order chi connectivity index (χ0) is 12.4. The summed E-state index contributed by atoms with van der Waals surface area (Å²) in [6, 6.07) is 8.76. The number of hydrogen-bond acceptors (Lipinski definition) is 3. The zero-order valence-corrected chi connectivity index (χ0v) is 10.6. The van der Waals surface area contributed by atoms with Crippen LogP contribution >= 0.6 is 0 Å². The fourth-order valence-electron chi connectivity index (χ4n) is 2.78. The fraction of sp³-hybridized carbons (Fsp3) is 0.400. The van der Waals surface area contributed by atoms with E-state index in [1.54, 1.807) is 7.11 Å². The molecule has 1 fully saturated rings. The summed E-state index contributed by atoms with van der Waals surface area (Å²) in [6.45, 7) is 1.14. The van der Waals surface area contributed by atoms with Gasteiger partial charge in [0.2, 0.25) is 0 Å². The summed E-state index contributed by atoms with van der Waals surface area (Å²) in [4.78, 5) is 4.42. The minimum Gasteiger partial charge on any atom is -0.496 e. The van der Waals surface area contributed by atoms with Crippen LogP contribution in [-0.2, 0) is 6.42 Å². The lowest BCUT2D eigenvalue weighted by Gasteiger charge is -2.14. The lowest BCUT2D eigenvalue weighted by molar-refractivity contribution is 0.419. The molecule has 0 bridgehead atoms. The highest BCUT2D eigenvalue weighted by Gasteiger charge is 2.17. The predicted octanol–water partition coefficient (Wildman–Crippen LogP) is 2.54. The number of nitrogens with zero attached hydrogens (tertiary/aromatic N) is 1. The van der Waals surface area contributed by atoms with Crippen LogP contribution in [0.3, 0.4) is 0 Å². The molecule has 1 aromatic carbocycles. The minimum atomic E-state index is 0.598. The standard InChI is InChI=1S/C15H18N2O/c1-18-14-6-2-5-13-15(14)11(7-9-17-13)10-12-4-3-8-16-12/h2,5-7,9,12,16H,3-4,8,10H2,1H3/t12-/m1/s1. The predicted molar refractivity (Wildman–Crippen MR) is 73.0 cm³/mol. The lowest BCUT2D eigenvalue weighted by Crippen LogP contribution is -2.23. The molecule has 1 aliphatic heterocycles. The van der Waals surface area contributed by atoms with Crippen LogP contribution in [0.1, 0.15) is 18.4 Å². The monoisotopic (exact) mass is 242 g/mol. The Balaban J connectivity index is 2.04. The van der Waals surface area contributed by atoms with E-state index in [2.05, 4.69) is 16.4 Å². The van der Waals surface area contributed by atoms with E-state index in [-0.39, 0.29) is 0 Å². The molecule has 2 heterocycles. The van der Waals surface area contributed by atoms with Gasteiger partial charge >= 0.3 is 0 Å². The van der Waals surface area contributed by atoms with Crippen molar-refractivity contribution in [2.24, 2.45) is 0 Å². The van der Waals surface area contributed by atoms with Crippen LogP contribution in [0, 0.1) is 0 Å². The number of methoxy groups -OCH3 is 1. The van der Waals surface area contributed by atoms with E-state index in [0.29, 0.717) is 6.04 Å². The molecule has 0 radical (unpaired) electrons. The van der Waals surface area contributed by atoms with Gasteiger partial charge in [0.25, 0.3) is 0 Å². The van der Waals surface area contributed by atoms with Gasteiger partial charge in [-0.1, -0.05) is 6.07 Å². The van der Waals surface area contributed by atoms with Gasteiger partial charge in [-0.2, -0.15) is 0 Å². The van der Waals surface area contributed by atoms with Gasteiger partial charge in [0.1, 0.15) is 5.75 Å². The van der Waals surface area contributed by atoms with Crippen molar-refractivity contribution >= 4 is 10.9 Å². The third-order valence-electron chi connectivity index (χ3n) is 3.66. The molecule has 0 unspecified atom stereocenters. The van der Waals surface area contributed by atoms with Crippen molar-refractivity contribution < 1.29 is 4.74 Å². The average Bonchev–Trinajstić information content (AvgIpc) is 2.91. The lowest BCUT2D eigenvalue weighted by atomic mass is 10.0. The molecule has 1 aromatic heterocycles. The Hall–Kier alpha value is -1.61. The van der Waals surface area contributed by atoms with Gasteiger partial charge in [-0.15, -0.1) is 0 Å². The second-order valence-electron chi connectivity index (χ2n) is 4.82. The molecule has 1 aliphatic rings. The first-order chi connectivity index (χ1) is 8.88. The highest BCUT2D eigenvalue weighted by Crippen LogP contribution is 2.28. The Labute approximate surface area is 107 Å². The van der Waals surface area contributed by atoms with E-state index in [9.17, 15) is 0 Å². The molecule has 2 aromatic rings. The number of benzene rings is 1. The number of hydrogen-bond donors (Lipinski definition) is 1. The Morgan fingerprint density at radius 1 is 1.39 bits per heavy atom. The molecule has 0 saturated carbocycles. The van der Waals surface area contributed by atoms with Crippen molar-refractivity contribution in [3.05, 3.63) is 36.0 Å². The second-order valence-corrected chi connectivity index (χ2v) is 4.82. The van der Waals surface area contributed by atoms with E-state index in [1.165, 1.54) is 18.4 Å². The Morgan fingerprint density at radius 2 is 2.33 bits per heavy atom. The van der Waals surface area contributed by atoms with Gasteiger partial charge in [0.15, 0.2) is 0 Å². The summed E-state index contributed by atoms with van der Waals surface area (Å²) in [5.41, 5.74) is 2.35. The van der Waals surface area contributed by atoms with Crippen molar-refractivity contribution in [3.63, 3.8) is 0 Å². The summed E-state index contributed by atoms with van der Waals surface area (Å²) in [5.74, 6) is 0.925. The summed E-state index contributed by atoms with van der Waals surface area (Å²) >= 11 is 0. The molecule has 0 amide bonds. The molecule has 1 atom stereocenters. The summed E-state index contributed by atoms with van der Waals surface area (Å²) < 4.78 is 5.47. The number of fused-ring (bicyclic) bond motifs is 1.